The molecule has 0 radical (unpaired) electrons. The van der Waals surface area contributed by atoms with E-state index in [9.17, 15) is 0 Å². The molecular weight excluding hydrogens is 202 g/mol. The molecule has 0 aliphatic carbocycles. The number of aryl methyl sites for hydroxylation is 1. The van der Waals surface area contributed by atoms with Gasteiger partial charge in [-0.1, -0.05) is 23.8 Å². The Hall–Kier alpha value is -0.900. The van der Waals surface area contributed by atoms with Crippen molar-refractivity contribution in [2.45, 2.75) is 32.3 Å². The fraction of sp³-hybridized carbons (Fsp3) is 0.538. The van der Waals surface area contributed by atoms with Gasteiger partial charge in [-0.3, -0.25) is 0 Å². The van der Waals surface area contributed by atoms with Gasteiger partial charge in [0.1, 0.15) is 0 Å². The van der Waals surface area contributed by atoms with Crippen molar-refractivity contribution < 1.29 is 9.47 Å². The Bertz CT molecular complexity index is 397. The molecular formula is C13H17NO2. The summed E-state index contributed by atoms with van der Waals surface area (Å²) < 4.78 is 11.9. The second-order valence-electron chi connectivity index (χ2n) is 4.69. The van der Waals surface area contributed by atoms with E-state index in [1.807, 2.05) is 0 Å². The van der Waals surface area contributed by atoms with Gasteiger partial charge in [-0.2, -0.15) is 0 Å². The first-order chi connectivity index (χ1) is 7.77. The molecule has 2 aliphatic heterocycles. The van der Waals surface area contributed by atoms with Gasteiger partial charge >= 0.3 is 0 Å². The lowest BCUT2D eigenvalue weighted by Gasteiger charge is -2.26. The van der Waals surface area contributed by atoms with Crippen LogP contribution in [0.25, 0.3) is 0 Å². The molecule has 3 nitrogen and oxygen atoms in total. The molecule has 1 unspecified atom stereocenters. The first-order valence-corrected chi connectivity index (χ1v) is 5.84. The van der Waals surface area contributed by atoms with Crippen molar-refractivity contribution in [1.82, 2.24) is 5.32 Å². The molecule has 1 fully saturated rings. The largest absolute Gasteiger partial charge is 0.344 e. The number of rotatable bonds is 0. The van der Waals surface area contributed by atoms with E-state index in [2.05, 4.69) is 30.4 Å². The molecule has 1 saturated heterocycles. The van der Waals surface area contributed by atoms with Gasteiger partial charge in [0.25, 0.3) is 0 Å². The van der Waals surface area contributed by atoms with Gasteiger partial charge in [0, 0.05) is 19.5 Å². The van der Waals surface area contributed by atoms with E-state index in [1.54, 1.807) is 0 Å². The number of ether oxygens (including phenoxy) is 2. The van der Waals surface area contributed by atoms with Gasteiger partial charge in [-0.05, 0) is 18.1 Å². The van der Waals surface area contributed by atoms with E-state index >= 15 is 0 Å². The van der Waals surface area contributed by atoms with Gasteiger partial charge in [0.05, 0.1) is 13.2 Å². The van der Waals surface area contributed by atoms with Gasteiger partial charge in [-0.25, -0.2) is 0 Å². The SMILES string of the molecule is Cc1ccc2c(c1)COC1(CCNC1)OC2. The topological polar surface area (TPSA) is 30.5 Å². The highest BCUT2D eigenvalue weighted by atomic mass is 16.7. The molecule has 1 aromatic rings. The number of hydrogen-bond donors (Lipinski definition) is 1. The van der Waals surface area contributed by atoms with Crippen LogP contribution in [0, 0.1) is 6.92 Å². The van der Waals surface area contributed by atoms with Crippen molar-refractivity contribution in [1.29, 1.82) is 0 Å². The third-order valence-corrected chi connectivity index (χ3v) is 3.42. The quantitative estimate of drug-likeness (QED) is 0.721. The fourth-order valence-electron chi connectivity index (χ4n) is 2.38. The molecule has 86 valence electrons. The summed E-state index contributed by atoms with van der Waals surface area (Å²) in [5.41, 5.74) is 3.81. The van der Waals surface area contributed by atoms with Crippen molar-refractivity contribution in [3.63, 3.8) is 0 Å². The Balaban J connectivity index is 1.86. The number of benzene rings is 1. The van der Waals surface area contributed by atoms with E-state index in [-0.39, 0.29) is 5.79 Å². The molecule has 16 heavy (non-hydrogen) atoms. The second-order valence-corrected chi connectivity index (χ2v) is 4.69. The zero-order valence-electron chi connectivity index (χ0n) is 9.58. The van der Waals surface area contributed by atoms with Crippen LogP contribution in [0.3, 0.4) is 0 Å². The van der Waals surface area contributed by atoms with Crippen LogP contribution in [0.1, 0.15) is 23.1 Å². The van der Waals surface area contributed by atoms with Crippen LogP contribution >= 0.6 is 0 Å². The lowest BCUT2D eigenvalue weighted by atomic mass is 10.1. The lowest BCUT2D eigenvalue weighted by molar-refractivity contribution is -0.230. The van der Waals surface area contributed by atoms with Crippen LogP contribution in [-0.4, -0.2) is 18.9 Å². The zero-order valence-corrected chi connectivity index (χ0v) is 9.58. The van der Waals surface area contributed by atoms with Gasteiger partial charge in [0.2, 0.25) is 0 Å². The van der Waals surface area contributed by atoms with Crippen molar-refractivity contribution in [3.8, 4) is 0 Å². The average molecular weight is 219 g/mol. The van der Waals surface area contributed by atoms with Crippen LogP contribution in [0.4, 0.5) is 0 Å². The van der Waals surface area contributed by atoms with Crippen molar-refractivity contribution >= 4 is 0 Å². The van der Waals surface area contributed by atoms with Gasteiger partial charge in [0.15, 0.2) is 5.79 Å². The van der Waals surface area contributed by atoms with E-state index in [1.165, 1.54) is 16.7 Å². The van der Waals surface area contributed by atoms with Gasteiger partial charge < -0.3 is 14.8 Å². The smallest absolute Gasteiger partial charge is 0.182 e. The summed E-state index contributed by atoms with van der Waals surface area (Å²) in [6, 6.07) is 6.47. The Morgan fingerprint density at radius 3 is 2.75 bits per heavy atom. The lowest BCUT2D eigenvalue weighted by Crippen LogP contribution is -2.36. The highest BCUT2D eigenvalue weighted by Gasteiger charge is 2.37. The minimum absolute atomic E-state index is 0.382. The summed E-state index contributed by atoms with van der Waals surface area (Å²) >= 11 is 0. The zero-order chi connectivity index (χ0) is 11.0. The Labute approximate surface area is 95.8 Å². The van der Waals surface area contributed by atoms with Crippen LogP contribution in [0.5, 0.6) is 0 Å². The molecule has 0 bridgehead atoms. The molecule has 0 amide bonds. The summed E-state index contributed by atoms with van der Waals surface area (Å²) in [5, 5.41) is 3.30. The molecule has 3 heteroatoms. The van der Waals surface area contributed by atoms with Crippen LogP contribution in [-0.2, 0) is 22.7 Å². The predicted octanol–water partition coefficient (Wildman–Crippen LogP) is 1.73. The second kappa shape index (κ2) is 3.84. The molecule has 1 atom stereocenters. The van der Waals surface area contributed by atoms with E-state index in [0.29, 0.717) is 13.2 Å². The summed E-state index contributed by atoms with van der Waals surface area (Å²) in [6.07, 6.45) is 0.944. The molecule has 1 N–H and O–H groups in total. The molecule has 2 heterocycles. The van der Waals surface area contributed by atoms with E-state index < -0.39 is 0 Å². The van der Waals surface area contributed by atoms with Crippen molar-refractivity contribution in [2.24, 2.45) is 0 Å². The van der Waals surface area contributed by atoms with Gasteiger partial charge in [-0.15, -0.1) is 0 Å². The molecule has 0 aromatic heterocycles. The number of hydrogen-bond acceptors (Lipinski definition) is 3. The third-order valence-electron chi connectivity index (χ3n) is 3.42. The molecule has 3 rings (SSSR count). The molecule has 1 aromatic carbocycles. The third kappa shape index (κ3) is 1.75. The Morgan fingerprint density at radius 1 is 1.19 bits per heavy atom. The Morgan fingerprint density at radius 2 is 2.00 bits per heavy atom. The normalized spacial score (nSPS) is 29.1. The highest BCUT2D eigenvalue weighted by Crippen LogP contribution is 2.29. The maximum absolute atomic E-state index is 5.95. The first-order valence-electron chi connectivity index (χ1n) is 5.84. The Kier molecular flexibility index (Phi) is 2.46. The maximum atomic E-state index is 5.95. The summed E-state index contributed by atoms with van der Waals surface area (Å²) in [7, 11) is 0. The maximum Gasteiger partial charge on any atom is 0.182 e. The average Bonchev–Trinajstić information content (AvgIpc) is 2.66. The highest BCUT2D eigenvalue weighted by molar-refractivity contribution is 5.31. The number of fused-ring (bicyclic) bond motifs is 1. The van der Waals surface area contributed by atoms with E-state index in [4.69, 9.17) is 9.47 Å². The molecule has 2 aliphatic rings. The van der Waals surface area contributed by atoms with Crippen LogP contribution in [0.2, 0.25) is 0 Å². The summed E-state index contributed by atoms with van der Waals surface area (Å²) in [6.45, 7) is 5.23. The molecule has 1 spiro atoms. The van der Waals surface area contributed by atoms with Crippen LogP contribution < -0.4 is 5.32 Å². The number of nitrogens with one attached hydrogen (secondary N) is 1. The minimum atomic E-state index is -0.382. The fourth-order valence-corrected chi connectivity index (χ4v) is 2.38. The van der Waals surface area contributed by atoms with Crippen molar-refractivity contribution in [2.75, 3.05) is 13.1 Å². The van der Waals surface area contributed by atoms with Crippen molar-refractivity contribution in [3.05, 3.63) is 34.9 Å². The predicted molar refractivity (Wildman–Crippen MR) is 61.0 cm³/mol. The van der Waals surface area contributed by atoms with Crippen LogP contribution in [0.15, 0.2) is 18.2 Å². The standard InChI is InChI=1S/C13H17NO2/c1-10-2-3-11-7-15-13(4-5-14-9-13)16-8-12(11)6-10/h2-3,6,14H,4-5,7-9H2,1H3. The summed E-state index contributed by atoms with van der Waals surface area (Å²) in [4.78, 5) is 0. The summed E-state index contributed by atoms with van der Waals surface area (Å²) in [5.74, 6) is -0.382. The first kappa shape index (κ1) is 10.3. The van der Waals surface area contributed by atoms with E-state index in [0.717, 1.165) is 19.5 Å². The minimum Gasteiger partial charge on any atom is -0.344 e. The molecule has 0 saturated carbocycles. The monoisotopic (exact) mass is 219 g/mol.